The van der Waals surface area contributed by atoms with Crippen LogP contribution in [-0.4, -0.2) is 40.0 Å². The van der Waals surface area contributed by atoms with Crippen molar-refractivity contribution in [2.45, 2.75) is 26.2 Å². The third-order valence-electron chi connectivity index (χ3n) is 5.41. The maximum Gasteiger partial charge on any atom is 0.200 e. The Labute approximate surface area is 212 Å². The SMILES string of the molecule is O=c1cc(N(Cc2cn(Cc3cncs3)nn2)Cc2cn(Cc3cncs3)nn2)oc2ccccc12. The number of aromatic nitrogens is 8. The lowest BCUT2D eigenvalue weighted by molar-refractivity contribution is 0.561. The van der Waals surface area contributed by atoms with E-state index in [2.05, 4.69) is 30.6 Å². The fourth-order valence-electron chi connectivity index (χ4n) is 3.79. The molecule has 180 valence electrons. The molecule has 0 radical (unpaired) electrons. The molecule has 0 spiro atoms. The predicted molar refractivity (Wildman–Crippen MR) is 135 cm³/mol. The first-order chi connectivity index (χ1) is 17.7. The van der Waals surface area contributed by atoms with Crippen molar-refractivity contribution in [1.29, 1.82) is 0 Å². The molecule has 1 aromatic carbocycles. The standard InChI is InChI=1S/C23H19N9O2S2/c33-21-5-23(34-22-4-2-1-3-20(21)22)30(8-16-10-31(28-26-16)12-18-6-24-14-35-18)9-17-11-32(29-27-17)13-19-7-25-15-36-19/h1-7,10-11,14-15H,8-9,12-13H2. The summed E-state index contributed by atoms with van der Waals surface area (Å²) < 4.78 is 9.67. The Kier molecular flexibility index (Phi) is 6.05. The minimum absolute atomic E-state index is 0.112. The second-order valence-corrected chi connectivity index (χ2v) is 9.99. The van der Waals surface area contributed by atoms with Crippen molar-refractivity contribution < 1.29 is 4.42 Å². The lowest BCUT2D eigenvalue weighted by Gasteiger charge is -2.21. The molecule has 0 atom stereocenters. The van der Waals surface area contributed by atoms with E-state index in [1.807, 2.05) is 41.8 Å². The summed E-state index contributed by atoms with van der Waals surface area (Å²) in [7, 11) is 0. The van der Waals surface area contributed by atoms with E-state index in [0.29, 0.717) is 43.0 Å². The van der Waals surface area contributed by atoms with Crippen LogP contribution in [0.4, 0.5) is 5.88 Å². The number of para-hydroxylation sites is 1. The van der Waals surface area contributed by atoms with Crippen molar-refractivity contribution in [3.8, 4) is 0 Å². The molecular formula is C23H19N9O2S2. The molecule has 13 heteroatoms. The number of hydrogen-bond acceptors (Lipinski definition) is 11. The molecule has 0 saturated heterocycles. The van der Waals surface area contributed by atoms with Gasteiger partial charge in [0.1, 0.15) is 17.0 Å². The Hall–Kier alpha value is -4.23. The molecule has 0 amide bonds. The number of anilines is 1. The van der Waals surface area contributed by atoms with Gasteiger partial charge in [-0.3, -0.25) is 14.8 Å². The van der Waals surface area contributed by atoms with Crippen LogP contribution < -0.4 is 10.3 Å². The highest BCUT2D eigenvalue weighted by Crippen LogP contribution is 2.22. The molecule has 0 bridgehead atoms. The average Bonchev–Trinajstić information content (AvgIpc) is 3.70. The Morgan fingerprint density at radius 3 is 2.06 bits per heavy atom. The normalized spacial score (nSPS) is 11.3. The van der Waals surface area contributed by atoms with E-state index in [1.165, 1.54) is 6.07 Å². The van der Waals surface area contributed by atoms with E-state index in [9.17, 15) is 4.79 Å². The van der Waals surface area contributed by atoms with Crippen LogP contribution in [0.25, 0.3) is 11.0 Å². The molecular weight excluding hydrogens is 498 g/mol. The zero-order valence-corrected chi connectivity index (χ0v) is 20.5. The van der Waals surface area contributed by atoms with Gasteiger partial charge in [-0.25, -0.2) is 9.36 Å². The van der Waals surface area contributed by atoms with Crippen molar-refractivity contribution in [2.75, 3.05) is 4.90 Å². The first kappa shape index (κ1) is 22.2. The number of benzene rings is 1. The van der Waals surface area contributed by atoms with Gasteiger partial charge in [-0.15, -0.1) is 32.9 Å². The molecule has 0 N–H and O–H groups in total. The number of fused-ring (bicyclic) bond motifs is 1. The fourth-order valence-corrected chi connectivity index (χ4v) is 4.96. The summed E-state index contributed by atoms with van der Waals surface area (Å²) in [5, 5.41) is 17.7. The van der Waals surface area contributed by atoms with Crippen LogP contribution in [0.15, 0.2) is 75.4 Å². The van der Waals surface area contributed by atoms with Gasteiger partial charge in [0.15, 0.2) is 5.43 Å². The molecule has 11 nitrogen and oxygen atoms in total. The summed E-state index contributed by atoms with van der Waals surface area (Å²) in [5.74, 6) is 0.424. The molecule has 0 saturated carbocycles. The largest absolute Gasteiger partial charge is 0.440 e. The summed E-state index contributed by atoms with van der Waals surface area (Å²) in [6, 6.07) is 8.71. The third kappa shape index (κ3) is 4.92. The van der Waals surface area contributed by atoms with E-state index in [1.54, 1.807) is 55.2 Å². The summed E-state index contributed by atoms with van der Waals surface area (Å²) >= 11 is 3.13. The zero-order valence-electron chi connectivity index (χ0n) is 18.8. The number of thiazole rings is 2. The molecule has 6 rings (SSSR count). The number of hydrogen-bond donors (Lipinski definition) is 0. The maximum atomic E-state index is 12.8. The first-order valence-corrected chi connectivity index (χ1v) is 12.8. The topological polar surface area (TPSA) is 121 Å². The fraction of sp³-hybridized carbons (Fsp3) is 0.174. The molecule has 0 aliphatic heterocycles. The van der Waals surface area contributed by atoms with E-state index in [0.717, 1.165) is 21.1 Å². The first-order valence-electron chi connectivity index (χ1n) is 11.0. The Morgan fingerprint density at radius 2 is 1.47 bits per heavy atom. The number of rotatable bonds is 9. The second-order valence-electron chi connectivity index (χ2n) is 8.05. The zero-order chi connectivity index (χ0) is 24.3. The van der Waals surface area contributed by atoms with Gasteiger partial charge in [0, 0.05) is 28.2 Å². The van der Waals surface area contributed by atoms with Crippen molar-refractivity contribution in [3.05, 3.63) is 97.5 Å². The van der Waals surface area contributed by atoms with Crippen LogP contribution in [0.1, 0.15) is 21.1 Å². The van der Waals surface area contributed by atoms with Gasteiger partial charge in [-0.05, 0) is 12.1 Å². The van der Waals surface area contributed by atoms with Crippen LogP contribution in [-0.2, 0) is 26.2 Å². The van der Waals surface area contributed by atoms with Crippen molar-refractivity contribution >= 4 is 39.5 Å². The second kappa shape index (κ2) is 9.79. The average molecular weight is 518 g/mol. The Bertz CT molecular complexity index is 1560. The highest BCUT2D eigenvalue weighted by Gasteiger charge is 2.17. The smallest absolute Gasteiger partial charge is 0.200 e. The van der Waals surface area contributed by atoms with Gasteiger partial charge in [0.2, 0.25) is 5.88 Å². The Balaban J connectivity index is 1.28. The maximum absolute atomic E-state index is 12.8. The van der Waals surface area contributed by atoms with Crippen molar-refractivity contribution in [1.82, 2.24) is 40.0 Å². The summed E-state index contributed by atoms with van der Waals surface area (Å²) in [4.78, 5) is 25.1. The lowest BCUT2D eigenvalue weighted by atomic mass is 10.2. The van der Waals surface area contributed by atoms with E-state index in [4.69, 9.17) is 4.42 Å². The lowest BCUT2D eigenvalue weighted by Crippen LogP contribution is -2.24. The molecule has 36 heavy (non-hydrogen) atoms. The van der Waals surface area contributed by atoms with Crippen LogP contribution >= 0.6 is 22.7 Å². The van der Waals surface area contributed by atoms with Gasteiger partial charge >= 0.3 is 0 Å². The van der Waals surface area contributed by atoms with Gasteiger partial charge in [-0.1, -0.05) is 22.6 Å². The molecule has 0 unspecified atom stereocenters. The molecule has 0 aliphatic rings. The molecule has 0 aliphatic carbocycles. The van der Waals surface area contributed by atoms with Crippen molar-refractivity contribution in [3.63, 3.8) is 0 Å². The van der Waals surface area contributed by atoms with Gasteiger partial charge in [-0.2, -0.15) is 0 Å². The quantitative estimate of drug-likeness (QED) is 0.285. The molecule has 5 aromatic heterocycles. The Morgan fingerprint density at radius 1 is 0.861 bits per heavy atom. The van der Waals surface area contributed by atoms with Crippen LogP contribution in [0.5, 0.6) is 0 Å². The molecule has 5 heterocycles. The number of nitrogens with zero attached hydrogens (tertiary/aromatic N) is 9. The minimum Gasteiger partial charge on any atom is -0.440 e. The van der Waals surface area contributed by atoms with Crippen molar-refractivity contribution in [2.24, 2.45) is 0 Å². The van der Waals surface area contributed by atoms with E-state index in [-0.39, 0.29) is 5.43 Å². The minimum atomic E-state index is -0.112. The highest BCUT2D eigenvalue weighted by atomic mass is 32.1. The molecule has 0 fully saturated rings. The highest BCUT2D eigenvalue weighted by molar-refractivity contribution is 7.09. The monoisotopic (exact) mass is 517 g/mol. The van der Waals surface area contributed by atoms with Crippen LogP contribution in [0.2, 0.25) is 0 Å². The van der Waals surface area contributed by atoms with Crippen LogP contribution in [0.3, 0.4) is 0 Å². The van der Waals surface area contributed by atoms with E-state index < -0.39 is 0 Å². The van der Waals surface area contributed by atoms with Gasteiger partial charge < -0.3 is 9.32 Å². The van der Waals surface area contributed by atoms with Gasteiger partial charge in [0.05, 0.1) is 55.0 Å². The molecule has 6 aromatic rings. The van der Waals surface area contributed by atoms with Gasteiger partial charge in [0.25, 0.3) is 0 Å². The van der Waals surface area contributed by atoms with Crippen LogP contribution in [0, 0.1) is 0 Å². The summed E-state index contributed by atoms with van der Waals surface area (Å²) in [5.41, 5.74) is 5.45. The van der Waals surface area contributed by atoms with E-state index >= 15 is 0 Å². The summed E-state index contributed by atoms with van der Waals surface area (Å²) in [6.45, 7) is 1.92. The summed E-state index contributed by atoms with van der Waals surface area (Å²) in [6.07, 6.45) is 7.40. The predicted octanol–water partition coefficient (Wildman–Crippen LogP) is 3.19. The third-order valence-corrected chi connectivity index (χ3v) is 6.94.